The van der Waals surface area contributed by atoms with Crippen molar-refractivity contribution in [2.24, 2.45) is 0 Å². The van der Waals surface area contributed by atoms with Crippen LogP contribution in [0.4, 0.5) is 14.6 Å². The molecule has 1 N–H and O–H groups in total. The molecule has 2 aromatic carbocycles. The highest BCUT2D eigenvalue weighted by molar-refractivity contribution is 8.00. The Morgan fingerprint density at radius 1 is 1.16 bits per heavy atom. The van der Waals surface area contributed by atoms with E-state index in [-0.39, 0.29) is 29.7 Å². The lowest BCUT2D eigenvalue weighted by atomic mass is 10.0. The molecule has 0 spiro atoms. The summed E-state index contributed by atoms with van der Waals surface area (Å²) in [5.74, 6) is -1.54. The van der Waals surface area contributed by atoms with Crippen LogP contribution in [0.2, 0.25) is 0 Å². The second-order valence-corrected chi connectivity index (χ2v) is 11.0. The summed E-state index contributed by atoms with van der Waals surface area (Å²) in [6.07, 6.45) is 0.760. The number of thioether (sulfide) groups is 1. The summed E-state index contributed by atoms with van der Waals surface area (Å²) in [6.45, 7) is 4.18. The lowest BCUT2D eigenvalue weighted by Gasteiger charge is -2.23. The van der Waals surface area contributed by atoms with Crippen molar-refractivity contribution in [3.8, 4) is 16.3 Å². The Morgan fingerprint density at radius 3 is 2.68 bits per heavy atom. The topological polar surface area (TPSA) is 67.2 Å². The molecule has 38 heavy (non-hydrogen) atoms. The molecule has 196 valence electrons. The smallest absolute Gasteiger partial charge is 0.240 e. The number of hydrogen-bond acceptors (Lipinski definition) is 5. The maximum absolute atomic E-state index is 15.2. The third kappa shape index (κ3) is 4.98. The van der Waals surface area contributed by atoms with E-state index in [1.165, 1.54) is 40.1 Å². The number of fused-ring (bicyclic) bond motifs is 1. The first-order valence-corrected chi connectivity index (χ1v) is 14.2. The number of carbonyl (C=O) groups excluding carboxylic acids is 2. The SMILES string of the molecule is CCCNC(=O)CN1C(=O)CS[C@H](c2ccc(F)cc2F)c2c(-c3cccs3)nn(-c3ccccc3C)c21. The molecule has 1 aliphatic heterocycles. The van der Waals surface area contributed by atoms with Crippen molar-refractivity contribution in [3.63, 3.8) is 0 Å². The summed E-state index contributed by atoms with van der Waals surface area (Å²) in [6, 6.07) is 14.9. The van der Waals surface area contributed by atoms with Crippen LogP contribution in [0.3, 0.4) is 0 Å². The van der Waals surface area contributed by atoms with Crippen LogP contribution in [-0.4, -0.2) is 40.4 Å². The number of benzene rings is 2. The summed E-state index contributed by atoms with van der Waals surface area (Å²) < 4.78 is 30.8. The first kappa shape index (κ1) is 26.1. The minimum absolute atomic E-state index is 0.00880. The van der Waals surface area contributed by atoms with Crippen LogP contribution in [0.15, 0.2) is 60.0 Å². The average Bonchev–Trinajstić information content (AvgIpc) is 3.53. The zero-order valence-electron chi connectivity index (χ0n) is 20.9. The number of thiophene rings is 1. The highest BCUT2D eigenvalue weighted by Gasteiger charge is 2.39. The number of nitrogens with zero attached hydrogens (tertiary/aromatic N) is 3. The molecule has 10 heteroatoms. The Morgan fingerprint density at radius 2 is 1.97 bits per heavy atom. The van der Waals surface area contributed by atoms with Crippen molar-refractivity contribution in [3.05, 3.63) is 88.3 Å². The molecule has 2 aromatic heterocycles. The lowest BCUT2D eigenvalue weighted by molar-refractivity contribution is -0.122. The van der Waals surface area contributed by atoms with Crippen molar-refractivity contribution >= 4 is 40.7 Å². The normalized spacial score (nSPS) is 15.3. The fourth-order valence-electron chi connectivity index (χ4n) is 4.51. The van der Waals surface area contributed by atoms with Crippen molar-refractivity contribution < 1.29 is 18.4 Å². The minimum Gasteiger partial charge on any atom is -0.355 e. The van der Waals surface area contributed by atoms with Gasteiger partial charge in [-0.1, -0.05) is 37.3 Å². The van der Waals surface area contributed by atoms with Gasteiger partial charge in [-0.2, -0.15) is 5.10 Å². The second kappa shape index (κ2) is 11.1. The van der Waals surface area contributed by atoms with E-state index >= 15 is 4.39 Å². The predicted molar refractivity (Wildman–Crippen MR) is 148 cm³/mol. The number of para-hydroxylation sites is 1. The van der Waals surface area contributed by atoms with E-state index in [1.54, 1.807) is 4.68 Å². The zero-order valence-corrected chi connectivity index (χ0v) is 22.5. The van der Waals surface area contributed by atoms with Crippen molar-refractivity contribution in [2.45, 2.75) is 25.5 Å². The largest absolute Gasteiger partial charge is 0.355 e. The second-order valence-electron chi connectivity index (χ2n) is 8.95. The first-order chi connectivity index (χ1) is 18.4. The molecule has 0 bridgehead atoms. The minimum atomic E-state index is -0.698. The number of rotatable bonds is 7. The summed E-state index contributed by atoms with van der Waals surface area (Å²) in [5, 5.41) is 9.09. The molecule has 4 aromatic rings. The van der Waals surface area contributed by atoms with Gasteiger partial charge in [0.1, 0.15) is 29.7 Å². The molecular formula is C28H26F2N4O2S2. The summed E-state index contributed by atoms with van der Waals surface area (Å²) in [4.78, 5) is 28.8. The molecule has 1 atom stereocenters. The molecule has 0 unspecified atom stereocenters. The van der Waals surface area contributed by atoms with Gasteiger partial charge in [0.2, 0.25) is 11.8 Å². The van der Waals surface area contributed by atoms with Gasteiger partial charge in [0.05, 0.1) is 21.6 Å². The third-order valence-corrected chi connectivity index (χ3v) is 8.42. The molecule has 2 amide bonds. The van der Waals surface area contributed by atoms with Crippen molar-refractivity contribution in [2.75, 3.05) is 23.7 Å². The maximum atomic E-state index is 15.2. The van der Waals surface area contributed by atoms with Crippen LogP contribution in [0.1, 0.15) is 35.3 Å². The Hall–Kier alpha value is -3.50. The molecule has 3 heterocycles. The Kier molecular flexibility index (Phi) is 7.62. The van der Waals surface area contributed by atoms with Gasteiger partial charge in [-0.3, -0.25) is 14.5 Å². The fourth-order valence-corrected chi connectivity index (χ4v) is 6.45. The number of anilines is 1. The Labute approximate surface area is 227 Å². The molecule has 6 nitrogen and oxygen atoms in total. The molecule has 0 aliphatic carbocycles. The number of carbonyl (C=O) groups is 2. The van der Waals surface area contributed by atoms with Crippen molar-refractivity contribution in [1.82, 2.24) is 15.1 Å². The summed E-state index contributed by atoms with van der Waals surface area (Å²) in [5.41, 5.74) is 3.11. The molecule has 5 rings (SSSR count). The van der Waals surface area contributed by atoms with Gasteiger partial charge in [-0.15, -0.1) is 23.1 Å². The van der Waals surface area contributed by atoms with Gasteiger partial charge >= 0.3 is 0 Å². The Bertz CT molecular complexity index is 1490. The van der Waals surface area contributed by atoms with E-state index in [9.17, 15) is 14.0 Å². The van der Waals surface area contributed by atoms with Gasteiger partial charge in [-0.25, -0.2) is 13.5 Å². The van der Waals surface area contributed by atoms with Gasteiger partial charge in [0, 0.05) is 23.7 Å². The van der Waals surface area contributed by atoms with E-state index in [0.29, 0.717) is 23.6 Å². The summed E-state index contributed by atoms with van der Waals surface area (Å²) >= 11 is 2.72. The molecule has 0 saturated carbocycles. The number of halogens is 2. The number of amides is 2. The zero-order chi connectivity index (χ0) is 26.8. The third-order valence-electron chi connectivity index (χ3n) is 6.31. The number of hydrogen-bond donors (Lipinski definition) is 1. The predicted octanol–water partition coefficient (Wildman–Crippen LogP) is 5.88. The molecule has 0 fully saturated rings. The molecule has 0 radical (unpaired) electrons. The van der Waals surface area contributed by atoms with E-state index < -0.39 is 16.9 Å². The quantitative estimate of drug-likeness (QED) is 0.311. The average molecular weight is 553 g/mol. The fraction of sp³-hybridized carbons (Fsp3) is 0.250. The number of aryl methyl sites for hydroxylation is 1. The van der Waals surface area contributed by atoms with Crippen LogP contribution in [0, 0.1) is 18.6 Å². The van der Waals surface area contributed by atoms with Crippen LogP contribution in [-0.2, 0) is 9.59 Å². The molecule has 0 saturated heterocycles. The van der Waals surface area contributed by atoms with E-state index in [4.69, 9.17) is 5.10 Å². The van der Waals surface area contributed by atoms with Crippen LogP contribution >= 0.6 is 23.1 Å². The van der Waals surface area contributed by atoms with Gasteiger partial charge in [0.15, 0.2) is 0 Å². The lowest BCUT2D eigenvalue weighted by Crippen LogP contribution is -2.42. The highest BCUT2D eigenvalue weighted by Crippen LogP contribution is 2.49. The van der Waals surface area contributed by atoms with Crippen LogP contribution in [0.5, 0.6) is 0 Å². The monoisotopic (exact) mass is 552 g/mol. The Balaban J connectivity index is 1.80. The maximum Gasteiger partial charge on any atom is 0.240 e. The first-order valence-electron chi connectivity index (χ1n) is 12.3. The van der Waals surface area contributed by atoms with Crippen molar-refractivity contribution in [1.29, 1.82) is 0 Å². The number of aromatic nitrogens is 2. The van der Waals surface area contributed by atoms with Crippen LogP contribution < -0.4 is 10.2 Å². The van der Waals surface area contributed by atoms with E-state index in [2.05, 4.69) is 5.32 Å². The van der Waals surface area contributed by atoms with Gasteiger partial charge in [-0.05, 0) is 42.5 Å². The molecule has 1 aliphatic rings. The van der Waals surface area contributed by atoms with E-state index in [1.807, 2.05) is 55.6 Å². The number of nitrogens with one attached hydrogen (secondary N) is 1. The van der Waals surface area contributed by atoms with Crippen LogP contribution in [0.25, 0.3) is 16.3 Å². The highest BCUT2D eigenvalue weighted by atomic mass is 32.2. The standard InChI is InChI=1S/C28H26F2N4O2S2/c1-3-12-31-23(35)15-33-24(36)16-38-27(19-11-10-18(29)14-20(19)30)25-26(22-9-6-13-37-22)32-34(28(25)33)21-8-5-4-7-17(21)2/h4-11,13-14,27H,3,12,15-16H2,1-2H3,(H,31,35)/t27-/m1/s1. The van der Waals surface area contributed by atoms with Gasteiger partial charge in [0.25, 0.3) is 0 Å². The van der Waals surface area contributed by atoms with Gasteiger partial charge < -0.3 is 5.32 Å². The molecular weight excluding hydrogens is 526 g/mol. The summed E-state index contributed by atoms with van der Waals surface area (Å²) in [7, 11) is 0. The van der Waals surface area contributed by atoms with E-state index in [0.717, 1.165) is 28.6 Å².